The Morgan fingerprint density at radius 3 is 2.85 bits per heavy atom. The van der Waals surface area contributed by atoms with E-state index in [4.69, 9.17) is 0 Å². The summed E-state index contributed by atoms with van der Waals surface area (Å²) in [5.74, 6) is -0.313. The van der Waals surface area contributed by atoms with E-state index in [2.05, 4.69) is 21.4 Å². The first kappa shape index (κ1) is 13.1. The first-order valence-electron chi connectivity index (χ1n) is 6.41. The van der Waals surface area contributed by atoms with Crippen molar-refractivity contribution in [2.45, 2.75) is 19.5 Å². The SMILES string of the molecule is CC(NCc1nc2ccccc2s1)c1ccc(F)cn1. The van der Waals surface area contributed by atoms with E-state index in [0.29, 0.717) is 6.54 Å². The third kappa shape index (κ3) is 2.84. The van der Waals surface area contributed by atoms with Crippen molar-refractivity contribution < 1.29 is 4.39 Å². The Morgan fingerprint density at radius 1 is 1.25 bits per heavy atom. The van der Waals surface area contributed by atoms with Crippen LogP contribution in [0.3, 0.4) is 0 Å². The summed E-state index contributed by atoms with van der Waals surface area (Å²) in [6.07, 6.45) is 1.24. The Hall–Kier alpha value is -1.85. The molecule has 1 unspecified atom stereocenters. The van der Waals surface area contributed by atoms with Crippen LogP contribution in [0, 0.1) is 5.82 Å². The number of thiazole rings is 1. The summed E-state index contributed by atoms with van der Waals surface area (Å²) in [5, 5.41) is 4.40. The van der Waals surface area contributed by atoms with E-state index >= 15 is 0 Å². The predicted octanol–water partition coefficient (Wildman–Crippen LogP) is 3.68. The first-order valence-corrected chi connectivity index (χ1v) is 7.23. The molecule has 0 bridgehead atoms. The topological polar surface area (TPSA) is 37.8 Å². The van der Waals surface area contributed by atoms with Crippen LogP contribution in [0.5, 0.6) is 0 Å². The Bertz CT molecular complexity index is 675. The smallest absolute Gasteiger partial charge is 0.141 e. The number of halogens is 1. The molecule has 102 valence electrons. The number of pyridine rings is 1. The van der Waals surface area contributed by atoms with Gasteiger partial charge in [-0.15, -0.1) is 11.3 Å². The normalized spacial score (nSPS) is 12.7. The summed E-state index contributed by atoms with van der Waals surface area (Å²) >= 11 is 1.68. The molecule has 5 heteroatoms. The van der Waals surface area contributed by atoms with Gasteiger partial charge in [-0.2, -0.15) is 0 Å². The van der Waals surface area contributed by atoms with Crippen LogP contribution in [0.2, 0.25) is 0 Å². The highest BCUT2D eigenvalue weighted by atomic mass is 32.1. The van der Waals surface area contributed by atoms with E-state index in [9.17, 15) is 4.39 Å². The molecule has 3 rings (SSSR count). The van der Waals surface area contributed by atoms with Crippen molar-refractivity contribution in [1.29, 1.82) is 0 Å². The van der Waals surface area contributed by atoms with Crippen molar-refractivity contribution in [3.63, 3.8) is 0 Å². The molecule has 1 aromatic carbocycles. The zero-order valence-electron chi connectivity index (χ0n) is 11.0. The molecule has 1 atom stereocenters. The lowest BCUT2D eigenvalue weighted by atomic mass is 10.2. The number of para-hydroxylation sites is 1. The summed E-state index contributed by atoms with van der Waals surface area (Å²) in [7, 11) is 0. The molecule has 0 amide bonds. The summed E-state index contributed by atoms with van der Waals surface area (Å²) < 4.78 is 14.0. The molecular formula is C15H14FN3S. The van der Waals surface area contributed by atoms with Crippen molar-refractivity contribution in [3.8, 4) is 0 Å². The van der Waals surface area contributed by atoms with Gasteiger partial charge in [-0.1, -0.05) is 12.1 Å². The Kier molecular flexibility index (Phi) is 3.71. The Balaban J connectivity index is 1.68. The standard InChI is InChI=1S/C15H14FN3S/c1-10(12-7-6-11(16)8-18-12)17-9-15-19-13-4-2-3-5-14(13)20-15/h2-8,10,17H,9H2,1H3. The van der Waals surface area contributed by atoms with Crippen LogP contribution in [0.4, 0.5) is 4.39 Å². The van der Waals surface area contributed by atoms with Crippen LogP contribution < -0.4 is 5.32 Å². The van der Waals surface area contributed by atoms with Gasteiger partial charge in [-0.25, -0.2) is 9.37 Å². The summed E-state index contributed by atoms with van der Waals surface area (Å²) in [4.78, 5) is 8.65. The molecule has 0 fully saturated rings. The molecule has 0 spiro atoms. The number of nitrogens with zero attached hydrogens (tertiary/aromatic N) is 2. The highest BCUT2D eigenvalue weighted by Gasteiger charge is 2.08. The fraction of sp³-hybridized carbons (Fsp3) is 0.200. The van der Waals surface area contributed by atoms with Crippen LogP contribution in [-0.2, 0) is 6.54 Å². The van der Waals surface area contributed by atoms with Gasteiger partial charge in [0.2, 0.25) is 0 Å². The van der Waals surface area contributed by atoms with Gasteiger partial charge >= 0.3 is 0 Å². The van der Waals surface area contributed by atoms with E-state index in [-0.39, 0.29) is 11.9 Å². The fourth-order valence-corrected chi connectivity index (χ4v) is 2.90. The number of fused-ring (bicyclic) bond motifs is 1. The lowest BCUT2D eigenvalue weighted by Gasteiger charge is -2.11. The number of hydrogen-bond acceptors (Lipinski definition) is 4. The number of aromatic nitrogens is 2. The quantitative estimate of drug-likeness (QED) is 0.795. The second-order valence-electron chi connectivity index (χ2n) is 4.58. The van der Waals surface area contributed by atoms with Crippen LogP contribution in [-0.4, -0.2) is 9.97 Å². The fourth-order valence-electron chi connectivity index (χ4n) is 1.98. The van der Waals surface area contributed by atoms with Crippen LogP contribution in [0.25, 0.3) is 10.2 Å². The molecule has 0 saturated heterocycles. The van der Waals surface area contributed by atoms with Gasteiger partial charge in [-0.05, 0) is 31.2 Å². The molecule has 3 aromatic rings. The number of benzene rings is 1. The van der Waals surface area contributed by atoms with Gasteiger partial charge in [0.25, 0.3) is 0 Å². The minimum atomic E-state index is -0.313. The third-order valence-corrected chi connectivity index (χ3v) is 4.13. The van der Waals surface area contributed by atoms with Gasteiger partial charge in [-0.3, -0.25) is 4.98 Å². The van der Waals surface area contributed by atoms with Crippen LogP contribution in [0.1, 0.15) is 23.7 Å². The minimum absolute atomic E-state index is 0.0580. The van der Waals surface area contributed by atoms with Crippen molar-refractivity contribution in [2.75, 3.05) is 0 Å². The minimum Gasteiger partial charge on any atom is -0.302 e. The maximum absolute atomic E-state index is 12.8. The zero-order chi connectivity index (χ0) is 13.9. The van der Waals surface area contributed by atoms with Gasteiger partial charge in [0, 0.05) is 12.6 Å². The van der Waals surface area contributed by atoms with E-state index < -0.39 is 0 Å². The predicted molar refractivity (Wildman–Crippen MR) is 79.1 cm³/mol. The third-order valence-electron chi connectivity index (χ3n) is 3.09. The second-order valence-corrected chi connectivity index (χ2v) is 5.69. The molecule has 0 aliphatic carbocycles. The first-order chi connectivity index (χ1) is 9.72. The lowest BCUT2D eigenvalue weighted by molar-refractivity contribution is 0.554. The highest BCUT2D eigenvalue weighted by molar-refractivity contribution is 7.18. The molecule has 0 aliphatic heterocycles. The molecule has 1 N–H and O–H groups in total. The average Bonchev–Trinajstić information content (AvgIpc) is 2.88. The summed E-state index contributed by atoms with van der Waals surface area (Å²) in [5.41, 5.74) is 1.86. The van der Waals surface area contributed by atoms with Crippen LogP contribution in [0.15, 0.2) is 42.6 Å². The second kappa shape index (κ2) is 5.64. The largest absolute Gasteiger partial charge is 0.302 e. The number of nitrogens with one attached hydrogen (secondary N) is 1. The van der Waals surface area contributed by atoms with Crippen molar-refractivity contribution in [3.05, 3.63) is 59.1 Å². The lowest BCUT2D eigenvalue weighted by Crippen LogP contribution is -2.18. The molecule has 0 saturated carbocycles. The van der Waals surface area contributed by atoms with E-state index in [1.54, 1.807) is 17.4 Å². The van der Waals surface area contributed by atoms with Crippen molar-refractivity contribution >= 4 is 21.6 Å². The summed E-state index contributed by atoms with van der Waals surface area (Å²) in [6.45, 7) is 2.69. The number of hydrogen-bond donors (Lipinski definition) is 1. The van der Waals surface area contributed by atoms with Gasteiger partial charge in [0.15, 0.2) is 0 Å². The highest BCUT2D eigenvalue weighted by Crippen LogP contribution is 2.22. The molecule has 0 aliphatic rings. The Morgan fingerprint density at radius 2 is 2.10 bits per heavy atom. The van der Waals surface area contributed by atoms with Gasteiger partial charge in [0.05, 0.1) is 22.1 Å². The molecule has 2 aromatic heterocycles. The maximum Gasteiger partial charge on any atom is 0.141 e. The van der Waals surface area contributed by atoms with Crippen LogP contribution >= 0.6 is 11.3 Å². The van der Waals surface area contributed by atoms with Crippen molar-refractivity contribution in [1.82, 2.24) is 15.3 Å². The molecule has 3 nitrogen and oxygen atoms in total. The van der Waals surface area contributed by atoms with E-state index in [0.717, 1.165) is 16.2 Å². The van der Waals surface area contributed by atoms with Gasteiger partial charge in [0.1, 0.15) is 10.8 Å². The molecular weight excluding hydrogens is 273 g/mol. The maximum atomic E-state index is 12.8. The van der Waals surface area contributed by atoms with E-state index in [1.807, 2.05) is 25.1 Å². The van der Waals surface area contributed by atoms with E-state index in [1.165, 1.54) is 17.0 Å². The van der Waals surface area contributed by atoms with Gasteiger partial charge < -0.3 is 5.32 Å². The summed E-state index contributed by atoms with van der Waals surface area (Å²) in [6, 6.07) is 11.3. The molecule has 20 heavy (non-hydrogen) atoms. The molecule has 0 radical (unpaired) electrons. The monoisotopic (exact) mass is 287 g/mol. The number of rotatable bonds is 4. The Labute approximate surface area is 120 Å². The van der Waals surface area contributed by atoms with Crippen molar-refractivity contribution in [2.24, 2.45) is 0 Å². The molecule has 2 heterocycles. The average molecular weight is 287 g/mol. The zero-order valence-corrected chi connectivity index (χ0v) is 11.8.